The molecule has 1 unspecified atom stereocenters. The molecule has 0 spiro atoms. The van der Waals surface area contributed by atoms with E-state index in [4.69, 9.17) is 9.47 Å². The van der Waals surface area contributed by atoms with Crippen molar-refractivity contribution in [1.29, 1.82) is 0 Å². The van der Waals surface area contributed by atoms with Crippen molar-refractivity contribution < 1.29 is 14.3 Å². The van der Waals surface area contributed by atoms with E-state index < -0.39 is 0 Å². The summed E-state index contributed by atoms with van der Waals surface area (Å²) in [5, 5.41) is 0. The molecule has 3 heteroatoms. The summed E-state index contributed by atoms with van der Waals surface area (Å²) < 4.78 is 10.5. The third kappa shape index (κ3) is 4.88. The molecule has 0 radical (unpaired) electrons. The second-order valence-electron chi connectivity index (χ2n) is 4.49. The second kappa shape index (κ2) is 7.88. The number of hydrogen-bond acceptors (Lipinski definition) is 3. The van der Waals surface area contributed by atoms with Crippen LogP contribution in [0.5, 0.6) is 0 Å². The molecule has 0 saturated heterocycles. The second-order valence-corrected chi connectivity index (χ2v) is 4.49. The normalized spacial score (nSPS) is 12.2. The van der Waals surface area contributed by atoms with Crippen LogP contribution in [-0.2, 0) is 9.47 Å². The molecule has 0 aromatic heterocycles. The molecule has 1 rings (SSSR count). The number of ether oxygens (including phenoxy) is 2. The Morgan fingerprint density at radius 1 is 1.28 bits per heavy atom. The van der Waals surface area contributed by atoms with Gasteiger partial charge in [0.05, 0.1) is 12.2 Å². The van der Waals surface area contributed by atoms with Gasteiger partial charge in [0.1, 0.15) is 6.10 Å². The van der Waals surface area contributed by atoms with Crippen LogP contribution in [0.3, 0.4) is 0 Å². The van der Waals surface area contributed by atoms with E-state index in [1.807, 2.05) is 19.1 Å². The standard InChI is InChI=1S/C15H22O3/c1-4-5-6-14(11-17-3)18-15(16)13-9-7-12(2)8-10-13/h7-10,14H,4-6,11H2,1-3H3. The fourth-order valence-corrected chi connectivity index (χ4v) is 1.70. The molecule has 0 saturated carbocycles. The van der Waals surface area contributed by atoms with Crippen LogP contribution < -0.4 is 0 Å². The van der Waals surface area contributed by atoms with Crippen molar-refractivity contribution in [3.05, 3.63) is 35.4 Å². The van der Waals surface area contributed by atoms with E-state index in [2.05, 4.69) is 6.92 Å². The molecule has 0 fully saturated rings. The van der Waals surface area contributed by atoms with Crippen molar-refractivity contribution in [1.82, 2.24) is 0 Å². The summed E-state index contributed by atoms with van der Waals surface area (Å²) in [7, 11) is 1.62. The SMILES string of the molecule is CCCCC(COC)OC(=O)c1ccc(C)cc1. The number of hydrogen-bond donors (Lipinski definition) is 0. The van der Waals surface area contributed by atoms with Gasteiger partial charge in [-0.05, 0) is 31.9 Å². The predicted octanol–water partition coefficient (Wildman–Crippen LogP) is 3.36. The molecule has 18 heavy (non-hydrogen) atoms. The summed E-state index contributed by atoms with van der Waals surface area (Å²) in [6.45, 7) is 4.56. The average molecular weight is 250 g/mol. The Balaban J connectivity index is 2.56. The van der Waals surface area contributed by atoms with Crippen molar-refractivity contribution in [2.45, 2.75) is 39.2 Å². The van der Waals surface area contributed by atoms with Gasteiger partial charge in [-0.15, -0.1) is 0 Å². The number of aryl methyl sites for hydroxylation is 1. The first-order chi connectivity index (χ1) is 8.67. The van der Waals surface area contributed by atoms with Crippen molar-refractivity contribution in [3.8, 4) is 0 Å². The topological polar surface area (TPSA) is 35.5 Å². The lowest BCUT2D eigenvalue weighted by atomic mass is 10.1. The van der Waals surface area contributed by atoms with Crippen molar-refractivity contribution in [3.63, 3.8) is 0 Å². The van der Waals surface area contributed by atoms with Crippen LogP contribution in [0.25, 0.3) is 0 Å². The molecule has 0 aliphatic heterocycles. The van der Waals surface area contributed by atoms with E-state index in [-0.39, 0.29) is 12.1 Å². The zero-order chi connectivity index (χ0) is 13.4. The summed E-state index contributed by atoms with van der Waals surface area (Å²) in [6, 6.07) is 7.41. The van der Waals surface area contributed by atoms with Crippen LogP contribution in [0, 0.1) is 6.92 Å². The van der Waals surface area contributed by atoms with Gasteiger partial charge in [0.2, 0.25) is 0 Å². The lowest BCUT2D eigenvalue weighted by molar-refractivity contribution is 0.00252. The smallest absolute Gasteiger partial charge is 0.338 e. The number of unbranched alkanes of at least 4 members (excludes halogenated alkanes) is 1. The summed E-state index contributed by atoms with van der Waals surface area (Å²) >= 11 is 0. The zero-order valence-corrected chi connectivity index (χ0v) is 11.4. The van der Waals surface area contributed by atoms with E-state index >= 15 is 0 Å². The van der Waals surface area contributed by atoms with Gasteiger partial charge in [-0.1, -0.05) is 31.0 Å². The minimum absolute atomic E-state index is 0.149. The molecule has 0 bridgehead atoms. The third-order valence-corrected chi connectivity index (χ3v) is 2.79. The van der Waals surface area contributed by atoms with Gasteiger partial charge in [0.25, 0.3) is 0 Å². The minimum atomic E-state index is -0.270. The van der Waals surface area contributed by atoms with Gasteiger partial charge in [0, 0.05) is 7.11 Å². The summed E-state index contributed by atoms with van der Waals surface area (Å²) in [5.74, 6) is -0.270. The highest BCUT2D eigenvalue weighted by Crippen LogP contribution is 2.10. The highest BCUT2D eigenvalue weighted by molar-refractivity contribution is 5.89. The fourth-order valence-electron chi connectivity index (χ4n) is 1.70. The summed E-state index contributed by atoms with van der Waals surface area (Å²) in [5.41, 5.74) is 1.73. The first-order valence-corrected chi connectivity index (χ1v) is 6.44. The maximum Gasteiger partial charge on any atom is 0.338 e. The molecule has 0 amide bonds. The molecule has 1 aromatic rings. The Morgan fingerprint density at radius 2 is 1.94 bits per heavy atom. The first-order valence-electron chi connectivity index (χ1n) is 6.44. The van der Waals surface area contributed by atoms with Crippen molar-refractivity contribution in [2.24, 2.45) is 0 Å². The molecule has 1 atom stereocenters. The first kappa shape index (κ1) is 14.7. The molecule has 0 aliphatic rings. The lowest BCUT2D eigenvalue weighted by Crippen LogP contribution is -2.23. The Labute approximate surface area is 109 Å². The Kier molecular flexibility index (Phi) is 6.44. The quantitative estimate of drug-likeness (QED) is 0.696. The maximum absolute atomic E-state index is 11.9. The summed E-state index contributed by atoms with van der Waals surface area (Å²) in [6.07, 6.45) is 2.82. The number of esters is 1. The highest BCUT2D eigenvalue weighted by Gasteiger charge is 2.15. The molecular formula is C15H22O3. The number of carbonyl (C=O) groups is 1. The summed E-state index contributed by atoms with van der Waals surface area (Å²) in [4.78, 5) is 11.9. The molecule has 0 aliphatic carbocycles. The largest absolute Gasteiger partial charge is 0.456 e. The van der Waals surface area contributed by atoms with Crippen LogP contribution in [0.15, 0.2) is 24.3 Å². The van der Waals surface area contributed by atoms with E-state index in [0.29, 0.717) is 12.2 Å². The van der Waals surface area contributed by atoms with Crippen molar-refractivity contribution >= 4 is 5.97 Å². The zero-order valence-electron chi connectivity index (χ0n) is 11.4. The molecule has 1 aromatic carbocycles. The number of carbonyl (C=O) groups excluding carboxylic acids is 1. The average Bonchev–Trinajstić information content (AvgIpc) is 2.37. The third-order valence-electron chi connectivity index (χ3n) is 2.79. The molecular weight excluding hydrogens is 228 g/mol. The van der Waals surface area contributed by atoms with Gasteiger partial charge in [-0.3, -0.25) is 0 Å². The van der Waals surface area contributed by atoms with E-state index in [0.717, 1.165) is 24.8 Å². The number of benzene rings is 1. The van der Waals surface area contributed by atoms with Gasteiger partial charge >= 0.3 is 5.97 Å². The van der Waals surface area contributed by atoms with Gasteiger partial charge in [-0.25, -0.2) is 4.79 Å². The minimum Gasteiger partial charge on any atom is -0.456 e. The van der Waals surface area contributed by atoms with Crippen LogP contribution >= 0.6 is 0 Å². The molecule has 100 valence electrons. The maximum atomic E-state index is 11.9. The van der Waals surface area contributed by atoms with E-state index in [1.165, 1.54) is 0 Å². The Hall–Kier alpha value is -1.35. The van der Waals surface area contributed by atoms with Crippen LogP contribution in [0.4, 0.5) is 0 Å². The molecule has 0 N–H and O–H groups in total. The Morgan fingerprint density at radius 3 is 2.50 bits per heavy atom. The van der Waals surface area contributed by atoms with Crippen LogP contribution in [0.1, 0.15) is 42.1 Å². The lowest BCUT2D eigenvalue weighted by Gasteiger charge is -2.16. The molecule has 0 heterocycles. The van der Waals surface area contributed by atoms with Gasteiger partial charge < -0.3 is 9.47 Å². The highest BCUT2D eigenvalue weighted by atomic mass is 16.6. The van der Waals surface area contributed by atoms with Crippen LogP contribution in [-0.4, -0.2) is 25.8 Å². The number of methoxy groups -OCH3 is 1. The number of rotatable bonds is 7. The van der Waals surface area contributed by atoms with E-state index in [1.54, 1.807) is 19.2 Å². The Bertz CT molecular complexity index is 357. The molecule has 3 nitrogen and oxygen atoms in total. The monoisotopic (exact) mass is 250 g/mol. The van der Waals surface area contributed by atoms with Crippen molar-refractivity contribution in [2.75, 3.05) is 13.7 Å². The van der Waals surface area contributed by atoms with Crippen LogP contribution in [0.2, 0.25) is 0 Å². The van der Waals surface area contributed by atoms with Gasteiger partial charge in [-0.2, -0.15) is 0 Å². The predicted molar refractivity (Wildman–Crippen MR) is 71.8 cm³/mol. The van der Waals surface area contributed by atoms with E-state index in [9.17, 15) is 4.79 Å². The van der Waals surface area contributed by atoms with Gasteiger partial charge in [0.15, 0.2) is 0 Å². The fraction of sp³-hybridized carbons (Fsp3) is 0.533.